The Bertz CT molecular complexity index is 251. The van der Waals surface area contributed by atoms with Gasteiger partial charge >= 0.3 is 0 Å². The van der Waals surface area contributed by atoms with E-state index in [1.54, 1.807) is 0 Å². The molecule has 0 aromatic carbocycles. The Labute approximate surface area is 107 Å². The standard InChI is InChI=1S/C14H30N2O/c1-10(2)8-9-11(3)16-12(17)13(4,5)14(6,7)15/h10-11H,8-9,15H2,1-7H3,(H,16,17). The molecule has 3 N–H and O–H groups in total. The summed E-state index contributed by atoms with van der Waals surface area (Å²) < 4.78 is 0. The highest BCUT2D eigenvalue weighted by Crippen LogP contribution is 2.28. The Morgan fingerprint density at radius 2 is 1.59 bits per heavy atom. The lowest BCUT2D eigenvalue weighted by atomic mass is 9.74. The Kier molecular flexibility index (Phi) is 5.66. The van der Waals surface area contributed by atoms with Crippen LogP contribution in [0.1, 0.15) is 61.3 Å². The minimum atomic E-state index is -0.556. The minimum Gasteiger partial charge on any atom is -0.353 e. The van der Waals surface area contributed by atoms with Gasteiger partial charge in [0.25, 0.3) is 0 Å². The molecule has 1 unspecified atom stereocenters. The number of carbonyl (C=O) groups is 1. The zero-order chi connectivity index (χ0) is 13.9. The van der Waals surface area contributed by atoms with Crippen LogP contribution in [0.4, 0.5) is 0 Å². The zero-order valence-corrected chi connectivity index (χ0v) is 12.6. The lowest BCUT2D eigenvalue weighted by Gasteiger charge is -2.37. The van der Waals surface area contributed by atoms with Crippen LogP contribution in [0.3, 0.4) is 0 Å². The van der Waals surface area contributed by atoms with Crippen LogP contribution in [0.2, 0.25) is 0 Å². The number of amides is 1. The van der Waals surface area contributed by atoms with E-state index in [-0.39, 0.29) is 11.9 Å². The lowest BCUT2D eigenvalue weighted by molar-refractivity contribution is -0.132. The topological polar surface area (TPSA) is 55.1 Å². The third-order valence-corrected chi connectivity index (χ3v) is 3.73. The summed E-state index contributed by atoms with van der Waals surface area (Å²) in [7, 11) is 0. The van der Waals surface area contributed by atoms with E-state index in [1.165, 1.54) is 0 Å². The maximum absolute atomic E-state index is 12.2. The summed E-state index contributed by atoms with van der Waals surface area (Å²) in [6, 6.07) is 0.214. The van der Waals surface area contributed by atoms with E-state index in [0.717, 1.165) is 12.8 Å². The van der Waals surface area contributed by atoms with E-state index in [9.17, 15) is 4.79 Å². The van der Waals surface area contributed by atoms with Crippen molar-refractivity contribution in [3.8, 4) is 0 Å². The monoisotopic (exact) mass is 242 g/mol. The predicted octanol–water partition coefficient (Wildman–Crippen LogP) is 2.69. The summed E-state index contributed by atoms with van der Waals surface area (Å²) in [6.07, 6.45) is 2.15. The van der Waals surface area contributed by atoms with Crippen molar-refractivity contribution >= 4 is 5.91 Å². The van der Waals surface area contributed by atoms with Gasteiger partial charge < -0.3 is 11.1 Å². The molecular formula is C14H30N2O. The molecule has 0 saturated carbocycles. The highest BCUT2D eigenvalue weighted by Gasteiger charge is 2.40. The molecule has 0 aromatic heterocycles. The van der Waals surface area contributed by atoms with Crippen LogP contribution in [-0.2, 0) is 4.79 Å². The fraction of sp³-hybridized carbons (Fsp3) is 0.929. The van der Waals surface area contributed by atoms with Gasteiger partial charge in [-0.25, -0.2) is 0 Å². The molecule has 0 bridgehead atoms. The summed E-state index contributed by atoms with van der Waals surface area (Å²) >= 11 is 0. The number of nitrogens with one attached hydrogen (secondary N) is 1. The van der Waals surface area contributed by atoms with Crippen molar-refractivity contribution in [3.05, 3.63) is 0 Å². The van der Waals surface area contributed by atoms with Crippen LogP contribution in [0, 0.1) is 11.3 Å². The number of rotatable bonds is 6. The van der Waals surface area contributed by atoms with E-state index in [4.69, 9.17) is 5.73 Å². The van der Waals surface area contributed by atoms with Crippen molar-refractivity contribution in [1.82, 2.24) is 5.32 Å². The first-order valence-electron chi connectivity index (χ1n) is 6.58. The van der Waals surface area contributed by atoms with Crippen molar-refractivity contribution < 1.29 is 4.79 Å². The van der Waals surface area contributed by atoms with E-state index in [2.05, 4.69) is 26.1 Å². The lowest BCUT2D eigenvalue weighted by Crippen LogP contribution is -2.56. The van der Waals surface area contributed by atoms with Crippen LogP contribution >= 0.6 is 0 Å². The van der Waals surface area contributed by atoms with Gasteiger partial charge in [0.1, 0.15) is 0 Å². The van der Waals surface area contributed by atoms with Crippen LogP contribution in [0.15, 0.2) is 0 Å². The highest BCUT2D eigenvalue weighted by molar-refractivity contribution is 5.83. The van der Waals surface area contributed by atoms with Gasteiger partial charge in [-0.3, -0.25) is 4.79 Å². The first-order chi connectivity index (χ1) is 7.48. The van der Waals surface area contributed by atoms with Gasteiger partial charge in [-0.2, -0.15) is 0 Å². The molecule has 0 rings (SSSR count). The summed E-state index contributed by atoms with van der Waals surface area (Å²) in [5.41, 5.74) is 4.98. The van der Waals surface area contributed by atoms with E-state index < -0.39 is 11.0 Å². The predicted molar refractivity (Wildman–Crippen MR) is 73.7 cm³/mol. The van der Waals surface area contributed by atoms with Crippen LogP contribution in [0.25, 0.3) is 0 Å². The van der Waals surface area contributed by atoms with E-state index >= 15 is 0 Å². The zero-order valence-electron chi connectivity index (χ0n) is 12.6. The molecule has 3 nitrogen and oxygen atoms in total. The molecule has 0 aromatic rings. The molecule has 0 fully saturated rings. The fourth-order valence-electron chi connectivity index (χ4n) is 1.35. The largest absolute Gasteiger partial charge is 0.353 e. The molecular weight excluding hydrogens is 212 g/mol. The van der Waals surface area contributed by atoms with Crippen molar-refractivity contribution in [2.45, 2.75) is 72.9 Å². The summed E-state index contributed by atoms with van der Waals surface area (Å²) in [5.74, 6) is 0.717. The average molecular weight is 242 g/mol. The molecule has 0 saturated heterocycles. The van der Waals surface area contributed by atoms with Crippen molar-refractivity contribution in [2.24, 2.45) is 17.1 Å². The molecule has 1 atom stereocenters. The van der Waals surface area contributed by atoms with Crippen LogP contribution in [0.5, 0.6) is 0 Å². The second-order valence-corrected chi connectivity index (χ2v) is 6.69. The van der Waals surface area contributed by atoms with Gasteiger partial charge in [0.05, 0.1) is 5.41 Å². The number of hydrogen-bond acceptors (Lipinski definition) is 2. The number of hydrogen-bond donors (Lipinski definition) is 2. The van der Waals surface area contributed by atoms with E-state index in [1.807, 2.05) is 27.7 Å². The van der Waals surface area contributed by atoms with E-state index in [0.29, 0.717) is 5.92 Å². The Morgan fingerprint density at radius 3 is 1.94 bits per heavy atom. The third-order valence-electron chi connectivity index (χ3n) is 3.73. The first-order valence-corrected chi connectivity index (χ1v) is 6.58. The Hall–Kier alpha value is -0.570. The molecule has 3 heteroatoms. The van der Waals surface area contributed by atoms with Gasteiger partial charge in [0, 0.05) is 11.6 Å². The average Bonchev–Trinajstić information content (AvgIpc) is 2.12. The number of carbonyl (C=O) groups excluding carboxylic acids is 1. The second-order valence-electron chi connectivity index (χ2n) is 6.69. The molecule has 0 heterocycles. The van der Waals surface area contributed by atoms with Gasteiger partial charge in [0.15, 0.2) is 0 Å². The maximum Gasteiger partial charge on any atom is 0.227 e. The molecule has 102 valence electrons. The Balaban J connectivity index is 4.35. The summed E-state index contributed by atoms with van der Waals surface area (Å²) in [5, 5.41) is 3.06. The van der Waals surface area contributed by atoms with Crippen molar-refractivity contribution in [1.29, 1.82) is 0 Å². The van der Waals surface area contributed by atoms with Gasteiger partial charge in [-0.15, -0.1) is 0 Å². The van der Waals surface area contributed by atoms with Gasteiger partial charge in [-0.1, -0.05) is 13.8 Å². The summed E-state index contributed by atoms with van der Waals surface area (Å²) in [6.45, 7) is 14.0. The van der Waals surface area contributed by atoms with Gasteiger partial charge in [-0.05, 0) is 53.4 Å². The molecule has 0 spiro atoms. The minimum absolute atomic E-state index is 0.0428. The van der Waals surface area contributed by atoms with Crippen LogP contribution < -0.4 is 11.1 Å². The molecule has 1 amide bonds. The molecule has 17 heavy (non-hydrogen) atoms. The molecule has 0 aliphatic rings. The molecule has 0 aliphatic heterocycles. The SMILES string of the molecule is CC(C)CCC(C)NC(=O)C(C)(C)C(C)(C)N. The fourth-order valence-corrected chi connectivity index (χ4v) is 1.35. The molecule has 0 aliphatic carbocycles. The maximum atomic E-state index is 12.2. The van der Waals surface area contributed by atoms with Crippen molar-refractivity contribution in [2.75, 3.05) is 0 Å². The van der Waals surface area contributed by atoms with Crippen molar-refractivity contribution in [3.63, 3.8) is 0 Å². The molecule has 0 radical (unpaired) electrons. The summed E-state index contributed by atoms with van der Waals surface area (Å²) in [4.78, 5) is 12.2. The quantitative estimate of drug-likeness (QED) is 0.752. The normalized spacial score (nSPS) is 14.9. The Morgan fingerprint density at radius 1 is 1.12 bits per heavy atom. The number of nitrogens with two attached hydrogens (primary N) is 1. The third kappa shape index (κ3) is 5.07. The second kappa shape index (κ2) is 5.85. The van der Waals surface area contributed by atoms with Crippen LogP contribution in [-0.4, -0.2) is 17.5 Å². The first kappa shape index (κ1) is 16.4. The highest BCUT2D eigenvalue weighted by atomic mass is 16.2. The van der Waals surface area contributed by atoms with Gasteiger partial charge in [0.2, 0.25) is 5.91 Å². The smallest absolute Gasteiger partial charge is 0.227 e.